The van der Waals surface area contributed by atoms with Crippen LogP contribution in [0, 0.1) is 13.8 Å². The molecule has 0 saturated carbocycles. The summed E-state index contributed by atoms with van der Waals surface area (Å²) < 4.78 is 0. The van der Waals surface area contributed by atoms with Crippen LogP contribution in [0.2, 0.25) is 0 Å². The van der Waals surface area contributed by atoms with Crippen LogP contribution < -0.4 is 5.32 Å². The number of guanidine groups is 1. The van der Waals surface area contributed by atoms with E-state index in [1.165, 1.54) is 11.1 Å². The van der Waals surface area contributed by atoms with E-state index in [0.29, 0.717) is 0 Å². The summed E-state index contributed by atoms with van der Waals surface area (Å²) in [6.45, 7) is 5.69. The standard InChI is InChI=1S/C16H22N4S.HI/c1-12-7-5-6-8-14(12)9-18-16(17-3)20(4)10-15-11-21-13(2)19-15;/h5-8,11H,9-10H2,1-4H3,(H,17,18);1H. The van der Waals surface area contributed by atoms with Crippen molar-refractivity contribution in [1.82, 2.24) is 15.2 Å². The lowest BCUT2D eigenvalue weighted by atomic mass is 10.1. The fraction of sp³-hybridized carbons (Fsp3) is 0.375. The number of thiazole rings is 1. The van der Waals surface area contributed by atoms with Crippen molar-refractivity contribution in [3.63, 3.8) is 0 Å². The smallest absolute Gasteiger partial charge is 0.194 e. The second-order valence-electron chi connectivity index (χ2n) is 5.04. The number of rotatable bonds is 4. The summed E-state index contributed by atoms with van der Waals surface area (Å²) in [5, 5.41) is 6.60. The van der Waals surface area contributed by atoms with Crippen LogP contribution in [0.3, 0.4) is 0 Å². The van der Waals surface area contributed by atoms with Gasteiger partial charge >= 0.3 is 0 Å². The zero-order chi connectivity index (χ0) is 15.2. The molecule has 4 nitrogen and oxygen atoms in total. The lowest BCUT2D eigenvalue weighted by molar-refractivity contribution is 0.470. The zero-order valence-corrected chi connectivity index (χ0v) is 16.6. The fourth-order valence-corrected chi connectivity index (χ4v) is 2.77. The average molecular weight is 430 g/mol. The summed E-state index contributed by atoms with van der Waals surface area (Å²) in [5.41, 5.74) is 3.66. The molecule has 2 aromatic rings. The molecular formula is C16H23IN4S. The van der Waals surface area contributed by atoms with Gasteiger partial charge in [-0.3, -0.25) is 4.99 Å². The molecule has 120 valence electrons. The van der Waals surface area contributed by atoms with Gasteiger partial charge < -0.3 is 10.2 Å². The van der Waals surface area contributed by atoms with Crippen LogP contribution in [0.25, 0.3) is 0 Å². The first-order valence-electron chi connectivity index (χ1n) is 6.97. The largest absolute Gasteiger partial charge is 0.352 e. The van der Waals surface area contributed by atoms with Crippen molar-refractivity contribution in [2.24, 2.45) is 4.99 Å². The zero-order valence-electron chi connectivity index (χ0n) is 13.5. The van der Waals surface area contributed by atoms with E-state index in [1.807, 2.05) is 21.0 Å². The van der Waals surface area contributed by atoms with E-state index in [-0.39, 0.29) is 24.0 Å². The lowest BCUT2D eigenvalue weighted by Crippen LogP contribution is -2.38. The molecular weight excluding hydrogens is 407 g/mol. The molecule has 22 heavy (non-hydrogen) atoms. The number of benzene rings is 1. The third-order valence-electron chi connectivity index (χ3n) is 3.34. The predicted molar refractivity (Wildman–Crippen MR) is 105 cm³/mol. The van der Waals surface area contributed by atoms with Crippen molar-refractivity contribution in [1.29, 1.82) is 0 Å². The first kappa shape index (κ1) is 18.9. The first-order valence-corrected chi connectivity index (χ1v) is 7.85. The Bertz CT molecular complexity index is 624. The summed E-state index contributed by atoms with van der Waals surface area (Å²) >= 11 is 1.68. The molecule has 0 spiro atoms. The van der Waals surface area contributed by atoms with Gasteiger partial charge in [-0.2, -0.15) is 0 Å². The molecule has 1 aromatic carbocycles. The summed E-state index contributed by atoms with van der Waals surface area (Å²) in [6.07, 6.45) is 0. The molecule has 0 aliphatic carbocycles. The highest BCUT2D eigenvalue weighted by atomic mass is 127. The number of hydrogen-bond donors (Lipinski definition) is 1. The highest BCUT2D eigenvalue weighted by Gasteiger charge is 2.08. The van der Waals surface area contributed by atoms with E-state index in [9.17, 15) is 0 Å². The monoisotopic (exact) mass is 430 g/mol. The Morgan fingerprint density at radius 1 is 1.32 bits per heavy atom. The number of aryl methyl sites for hydroxylation is 2. The van der Waals surface area contributed by atoms with Gasteiger partial charge in [-0.15, -0.1) is 35.3 Å². The molecule has 0 aliphatic heterocycles. The van der Waals surface area contributed by atoms with Gasteiger partial charge in [0, 0.05) is 26.0 Å². The molecule has 0 fully saturated rings. The summed E-state index contributed by atoms with van der Waals surface area (Å²) in [7, 11) is 3.84. The van der Waals surface area contributed by atoms with Gasteiger partial charge in [-0.05, 0) is 25.0 Å². The molecule has 1 aromatic heterocycles. The Labute approximate surface area is 153 Å². The summed E-state index contributed by atoms with van der Waals surface area (Å²) in [4.78, 5) is 10.9. The van der Waals surface area contributed by atoms with Crippen molar-refractivity contribution in [2.75, 3.05) is 14.1 Å². The molecule has 0 bridgehead atoms. The Kier molecular flexibility index (Phi) is 7.81. The molecule has 0 radical (unpaired) electrons. The molecule has 0 saturated heterocycles. The molecule has 2 rings (SSSR count). The van der Waals surface area contributed by atoms with E-state index in [4.69, 9.17) is 0 Å². The highest BCUT2D eigenvalue weighted by molar-refractivity contribution is 14.0. The van der Waals surface area contributed by atoms with E-state index < -0.39 is 0 Å². The third kappa shape index (κ3) is 5.24. The van der Waals surface area contributed by atoms with Crippen molar-refractivity contribution >= 4 is 41.3 Å². The summed E-state index contributed by atoms with van der Waals surface area (Å²) in [6, 6.07) is 8.39. The maximum atomic E-state index is 4.49. The summed E-state index contributed by atoms with van der Waals surface area (Å²) in [5.74, 6) is 0.879. The fourth-order valence-electron chi connectivity index (χ4n) is 2.17. The van der Waals surface area contributed by atoms with Crippen LogP contribution in [0.4, 0.5) is 0 Å². The Morgan fingerprint density at radius 2 is 2.05 bits per heavy atom. The maximum absolute atomic E-state index is 4.49. The number of nitrogens with one attached hydrogen (secondary N) is 1. The number of aromatic nitrogens is 1. The average Bonchev–Trinajstić information content (AvgIpc) is 2.86. The quantitative estimate of drug-likeness (QED) is 0.458. The maximum Gasteiger partial charge on any atom is 0.194 e. The molecule has 1 N–H and O–H groups in total. The van der Waals surface area contributed by atoms with Crippen molar-refractivity contribution in [3.05, 3.63) is 51.5 Å². The normalized spacial score (nSPS) is 11.0. The van der Waals surface area contributed by atoms with Gasteiger partial charge in [0.05, 0.1) is 17.2 Å². The minimum atomic E-state index is 0. The highest BCUT2D eigenvalue weighted by Crippen LogP contribution is 2.10. The first-order chi connectivity index (χ1) is 10.1. The molecule has 6 heteroatoms. The lowest BCUT2D eigenvalue weighted by Gasteiger charge is -2.21. The van der Waals surface area contributed by atoms with E-state index in [0.717, 1.165) is 29.8 Å². The van der Waals surface area contributed by atoms with Gasteiger partial charge in [0.2, 0.25) is 0 Å². The second kappa shape index (κ2) is 9.09. The van der Waals surface area contributed by atoms with Crippen molar-refractivity contribution in [3.8, 4) is 0 Å². The van der Waals surface area contributed by atoms with Crippen molar-refractivity contribution < 1.29 is 0 Å². The Hall–Kier alpha value is -1.15. The van der Waals surface area contributed by atoms with Crippen LogP contribution >= 0.6 is 35.3 Å². The molecule has 1 heterocycles. The van der Waals surface area contributed by atoms with Crippen LogP contribution in [0.1, 0.15) is 21.8 Å². The van der Waals surface area contributed by atoms with E-state index in [2.05, 4.69) is 56.8 Å². The van der Waals surface area contributed by atoms with Gasteiger partial charge in [-0.1, -0.05) is 24.3 Å². The Balaban J connectivity index is 0.00000242. The van der Waals surface area contributed by atoms with E-state index >= 15 is 0 Å². The van der Waals surface area contributed by atoms with E-state index in [1.54, 1.807) is 11.3 Å². The SMILES string of the molecule is CN=C(NCc1ccccc1C)N(C)Cc1csc(C)n1.I. The molecule has 0 aliphatic rings. The topological polar surface area (TPSA) is 40.5 Å². The van der Waals surface area contributed by atoms with Crippen molar-refractivity contribution in [2.45, 2.75) is 26.9 Å². The third-order valence-corrected chi connectivity index (χ3v) is 4.16. The Morgan fingerprint density at radius 3 is 2.64 bits per heavy atom. The van der Waals surface area contributed by atoms with Crippen LogP contribution in [-0.4, -0.2) is 29.9 Å². The van der Waals surface area contributed by atoms with Crippen LogP contribution in [-0.2, 0) is 13.1 Å². The van der Waals surface area contributed by atoms with Crippen LogP contribution in [0.15, 0.2) is 34.6 Å². The molecule has 0 amide bonds. The van der Waals surface area contributed by atoms with Gasteiger partial charge in [0.25, 0.3) is 0 Å². The van der Waals surface area contributed by atoms with Gasteiger partial charge in [0.1, 0.15) is 0 Å². The van der Waals surface area contributed by atoms with Gasteiger partial charge in [-0.25, -0.2) is 4.98 Å². The number of aliphatic imine (C=N–C) groups is 1. The number of halogens is 1. The molecule has 0 unspecified atom stereocenters. The minimum Gasteiger partial charge on any atom is -0.352 e. The van der Waals surface area contributed by atoms with Crippen LogP contribution in [0.5, 0.6) is 0 Å². The second-order valence-corrected chi connectivity index (χ2v) is 6.10. The number of hydrogen-bond acceptors (Lipinski definition) is 3. The number of nitrogens with zero attached hydrogens (tertiary/aromatic N) is 3. The van der Waals surface area contributed by atoms with Gasteiger partial charge in [0.15, 0.2) is 5.96 Å². The minimum absolute atomic E-state index is 0. The predicted octanol–water partition coefficient (Wildman–Crippen LogP) is 3.59. The molecule has 0 atom stereocenters.